The second-order valence-electron chi connectivity index (χ2n) is 7.31. The van der Waals surface area contributed by atoms with Crippen LogP contribution < -0.4 is 5.73 Å². The normalized spacial score (nSPS) is 11.9. The number of aromatic nitrogens is 1. The van der Waals surface area contributed by atoms with E-state index in [9.17, 15) is 9.90 Å². The number of fused-ring (bicyclic) bond motifs is 1. The van der Waals surface area contributed by atoms with Crippen molar-refractivity contribution >= 4 is 22.4 Å². The van der Waals surface area contributed by atoms with E-state index in [2.05, 4.69) is 16.8 Å². The van der Waals surface area contributed by atoms with Crippen molar-refractivity contribution in [1.82, 2.24) is 9.88 Å². The number of pyridine rings is 1. The van der Waals surface area contributed by atoms with Gasteiger partial charge in [-0.1, -0.05) is 48.2 Å². The van der Waals surface area contributed by atoms with Crippen LogP contribution in [0.2, 0.25) is 0 Å². The van der Waals surface area contributed by atoms with Crippen molar-refractivity contribution in [3.05, 3.63) is 71.4 Å². The highest BCUT2D eigenvalue weighted by molar-refractivity contribution is 5.96. The highest BCUT2D eigenvalue weighted by atomic mass is 16.3. The van der Waals surface area contributed by atoms with Gasteiger partial charge in [-0.3, -0.25) is 4.79 Å². The maximum absolute atomic E-state index is 12.3. The zero-order valence-electron chi connectivity index (χ0n) is 16.7. The highest BCUT2D eigenvalue weighted by Gasteiger charge is 2.11. The number of carbonyl (C=O) groups is 1. The van der Waals surface area contributed by atoms with Gasteiger partial charge in [-0.25, -0.2) is 4.98 Å². The first-order valence-corrected chi connectivity index (χ1v) is 9.55. The number of benzene rings is 2. The van der Waals surface area contributed by atoms with Crippen molar-refractivity contribution < 1.29 is 9.90 Å². The molecule has 1 unspecified atom stereocenters. The van der Waals surface area contributed by atoms with Gasteiger partial charge in [0, 0.05) is 41.1 Å². The summed E-state index contributed by atoms with van der Waals surface area (Å²) in [5, 5.41) is 11.8. The SMILES string of the molecule is CN(C)CC(O)CCC(=O)c1ccc(C#Cc2cnc(N)c3ccccc23)cc1. The fourth-order valence-electron chi connectivity index (χ4n) is 3.15. The number of rotatable bonds is 6. The summed E-state index contributed by atoms with van der Waals surface area (Å²) < 4.78 is 0. The Balaban J connectivity index is 1.69. The summed E-state index contributed by atoms with van der Waals surface area (Å²) in [4.78, 5) is 18.4. The van der Waals surface area contributed by atoms with E-state index in [0.29, 0.717) is 30.8 Å². The van der Waals surface area contributed by atoms with Crippen LogP contribution in [0.4, 0.5) is 5.82 Å². The number of nitrogens with zero attached hydrogens (tertiary/aromatic N) is 2. The van der Waals surface area contributed by atoms with Crippen LogP contribution in [-0.4, -0.2) is 47.5 Å². The fourth-order valence-corrected chi connectivity index (χ4v) is 3.15. The Labute approximate surface area is 171 Å². The number of nitrogen functional groups attached to an aromatic ring is 1. The second-order valence-corrected chi connectivity index (χ2v) is 7.31. The average Bonchev–Trinajstić information content (AvgIpc) is 2.72. The molecular weight excluding hydrogens is 362 g/mol. The molecule has 0 saturated carbocycles. The Hall–Kier alpha value is -3.20. The van der Waals surface area contributed by atoms with E-state index < -0.39 is 6.10 Å². The molecule has 0 saturated heterocycles. The van der Waals surface area contributed by atoms with E-state index in [0.717, 1.165) is 21.9 Å². The molecule has 3 aromatic rings. The summed E-state index contributed by atoms with van der Waals surface area (Å²) in [5.74, 6) is 6.78. The Bertz CT molecular complexity index is 1060. The van der Waals surface area contributed by atoms with Crippen molar-refractivity contribution in [1.29, 1.82) is 0 Å². The van der Waals surface area contributed by atoms with E-state index in [4.69, 9.17) is 5.73 Å². The second kappa shape index (κ2) is 9.33. The van der Waals surface area contributed by atoms with Crippen LogP contribution in [-0.2, 0) is 0 Å². The van der Waals surface area contributed by atoms with Gasteiger partial charge in [0.25, 0.3) is 0 Å². The minimum absolute atomic E-state index is 0.0241. The molecule has 0 aliphatic rings. The molecule has 0 amide bonds. The number of aliphatic hydroxyl groups is 1. The number of nitrogens with two attached hydrogens (primary N) is 1. The number of Topliss-reactive ketones (excluding diaryl/α,β-unsaturated/α-hetero) is 1. The molecule has 5 heteroatoms. The predicted octanol–water partition coefficient (Wildman–Crippen LogP) is 3.10. The summed E-state index contributed by atoms with van der Waals surface area (Å²) in [6.45, 7) is 0.552. The maximum Gasteiger partial charge on any atom is 0.162 e. The summed E-state index contributed by atoms with van der Waals surface area (Å²) in [6.07, 6.45) is 1.96. The number of hydrogen-bond donors (Lipinski definition) is 2. The number of hydrogen-bond acceptors (Lipinski definition) is 5. The molecule has 1 atom stereocenters. The minimum atomic E-state index is -0.498. The van der Waals surface area contributed by atoms with Gasteiger partial charge >= 0.3 is 0 Å². The molecule has 0 aliphatic carbocycles. The first-order chi connectivity index (χ1) is 13.9. The molecule has 0 spiro atoms. The van der Waals surface area contributed by atoms with Crippen LogP contribution in [0.1, 0.15) is 34.3 Å². The summed E-state index contributed by atoms with van der Waals surface area (Å²) in [7, 11) is 3.79. The zero-order valence-corrected chi connectivity index (χ0v) is 16.7. The number of anilines is 1. The molecule has 148 valence electrons. The van der Waals surface area contributed by atoms with Crippen LogP contribution in [0.5, 0.6) is 0 Å². The lowest BCUT2D eigenvalue weighted by Gasteiger charge is -2.15. The van der Waals surface area contributed by atoms with Crippen molar-refractivity contribution in [2.45, 2.75) is 18.9 Å². The summed E-state index contributed by atoms with van der Waals surface area (Å²) in [6, 6.07) is 15.0. The first kappa shape index (κ1) is 20.5. The van der Waals surface area contributed by atoms with Crippen LogP contribution in [0, 0.1) is 11.8 Å². The summed E-state index contributed by atoms with van der Waals surface area (Å²) >= 11 is 0. The van der Waals surface area contributed by atoms with E-state index in [1.54, 1.807) is 18.3 Å². The van der Waals surface area contributed by atoms with E-state index >= 15 is 0 Å². The van der Waals surface area contributed by atoms with E-state index in [-0.39, 0.29) is 5.78 Å². The van der Waals surface area contributed by atoms with Gasteiger partial charge in [-0.2, -0.15) is 0 Å². The molecule has 0 radical (unpaired) electrons. The third-order valence-electron chi connectivity index (χ3n) is 4.65. The minimum Gasteiger partial charge on any atom is -0.392 e. The molecule has 0 fully saturated rings. The molecule has 29 heavy (non-hydrogen) atoms. The fraction of sp³-hybridized carbons (Fsp3) is 0.250. The number of carbonyl (C=O) groups excluding carboxylic acids is 1. The quantitative estimate of drug-likeness (QED) is 0.502. The Kier molecular flexibility index (Phi) is 6.61. The third kappa shape index (κ3) is 5.41. The maximum atomic E-state index is 12.3. The molecular formula is C24H25N3O2. The molecule has 3 rings (SSSR count). The zero-order chi connectivity index (χ0) is 20.8. The van der Waals surface area contributed by atoms with Crippen LogP contribution >= 0.6 is 0 Å². The van der Waals surface area contributed by atoms with Crippen LogP contribution in [0.15, 0.2) is 54.7 Å². The molecule has 5 nitrogen and oxygen atoms in total. The molecule has 0 aliphatic heterocycles. The highest BCUT2D eigenvalue weighted by Crippen LogP contribution is 2.21. The van der Waals surface area contributed by atoms with Crippen molar-refractivity contribution in [3.8, 4) is 11.8 Å². The van der Waals surface area contributed by atoms with Crippen molar-refractivity contribution in [2.24, 2.45) is 0 Å². The lowest BCUT2D eigenvalue weighted by atomic mass is 10.0. The van der Waals surface area contributed by atoms with Crippen LogP contribution in [0.25, 0.3) is 10.8 Å². The molecule has 1 heterocycles. The number of aliphatic hydroxyl groups excluding tert-OH is 1. The van der Waals surface area contributed by atoms with Crippen LogP contribution in [0.3, 0.4) is 0 Å². The topological polar surface area (TPSA) is 79.5 Å². The van der Waals surface area contributed by atoms with E-state index in [1.807, 2.05) is 55.4 Å². The van der Waals surface area contributed by atoms with Gasteiger partial charge in [0.15, 0.2) is 5.78 Å². The largest absolute Gasteiger partial charge is 0.392 e. The first-order valence-electron chi connectivity index (χ1n) is 9.55. The van der Waals surface area contributed by atoms with Gasteiger partial charge in [0.1, 0.15) is 5.82 Å². The lowest BCUT2D eigenvalue weighted by molar-refractivity contribution is 0.0909. The van der Waals surface area contributed by atoms with Crippen molar-refractivity contribution in [2.75, 3.05) is 26.4 Å². The van der Waals surface area contributed by atoms with Gasteiger partial charge in [0.05, 0.1) is 11.7 Å². The number of likely N-dealkylation sites (N-methyl/N-ethyl adjacent to an activating group) is 1. The van der Waals surface area contributed by atoms with Gasteiger partial charge < -0.3 is 15.7 Å². The molecule has 1 aromatic heterocycles. The Morgan fingerprint density at radius 1 is 1.10 bits per heavy atom. The molecule has 0 bridgehead atoms. The van der Waals surface area contributed by atoms with E-state index in [1.165, 1.54) is 0 Å². The summed E-state index contributed by atoms with van der Waals surface area (Å²) in [5.41, 5.74) is 8.19. The number of ketones is 1. The Morgan fingerprint density at radius 2 is 1.79 bits per heavy atom. The average molecular weight is 387 g/mol. The molecule has 3 N–H and O–H groups in total. The molecule has 2 aromatic carbocycles. The van der Waals surface area contributed by atoms with Gasteiger partial charge in [0.2, 0.25) is 0 Å². The third-order valence-corrected chi connectivity index (χ3v) is 4.65. The Morgan fingerprint density at radius 3 is 2.48 bits per heavy atom. The standard InChI is InChI=1S/C24H25N3O2/c1-27(2)16-20(28)13-14-23(29)18-10-7-17(8-11-18)9-12-19-15-26-24(25)22-6-4-3-5-21(19)22/h3-8,10-11,15,20,28H,13-14,16H2,1-2H3,(H2,25,26). The predicted molar refractivity (Wildman–Crippen MR) is 117 cm³/mol. The lowest BCUT2D eigenvalue weighted by Crippen LogP contribution is -2.26. The van der Waals surface area contributed by atoms with Gasteiger partial charge in [-0.05, 0) is 32.6 Å². The van der Waals surface area contributed by atoms with Crippen molar-refractivity contribution in [3.63, 3.8) is 0 Å². The smallest absolute Gasteiger partial charge is 0.162 e. The van der Waals surface area contributed by atoms with Gasteiger partial charge in [-0.15, -0.1) is 0 Å². The monoisotopic (exact) mass is 387 g/mol.